The van der Waals surface area contributed by atoms with Crippen LogP contribution in [0.25, 0.3) is 0 Å². The minimum absolute atomic E-state index is 0.0270. The highest BCUT2D eigenvalue weighted by atomic mass is 35.5. The molecule has 1 saturated heterocycles. The quantitative estimate of drug-likeness (QED) is 0.727. The second-order valence-electron chi connectivity index (χ2n) is 6.12. The molecule has 1 N–H and O–H groups in total. The lowest BCUT2D eigenvalue weighted by Crippen LogP contribution is -2.58. The molecule has 1 aliphatic heterocycles. The van der Waals surface area contributed by atoms with Crippen LogP contribution in [0.5, 0.6) is 0 Å². The maximum atomic E-state index is 11.9. The second kappa shape index (κ2) is 8.58. The minimum Gasteiger partial charge on any atom is -0.362 e. The van der Waals surface area contributed by atoms with Gasteiger partial charge >= 0.3 is 6.03 Å². The molecule has 136 valence electrons. The van der Waals surface area contributed by atoms with Gasteiger partial charge < -0.3 is 15.0 Å². The first-order valence-electron chi connectivity index (χ1n) is 8.37. The van der Waals surface area contributed by atoms with Crippen molar-refractivity contribution in [3.05, 3.63) is 82.4 Å². The molecule has 1 fully saturated rings. The van der Waals surface area contributed by atoms with Gasteiger partial charge in [-0.05, 0) is 35.4 Å². The standard InChI is InChI=1S/C20H20Cl2N2O2/c1-2-11-23-20(25)24-12-18(13-24)26-19(14-3-7-16(21)8-4-14)15-5-9-17(22)10-6-15/h2-10,18-19H,1,11-13H2,(H,23,25). The molecule has 2 aromatic rings. The number of urea groups is 1. The van der Waals surface area contributed by atoms with E-state index in [0.717, 1.165) is 11.1 Å². The summed E-state index contributed by atoms with van der Waals surface area (Å²) in [7, 11) is 0. The molecular formula is C20H20Cl2N2O2. The largest absolute Gasteiger partial charge is 0.362 e. The maximum Gasteiger partial charge on any atom is 0.317 e. The molecule has 3 rings (SSSR count). The van der Waals surface area contributed by atoms with E-state index >= 15 is 0 Å². The number of hydrogen-bond acceptors (Lipinski definition) is 2. The molecular weight excluding hydrogens is 371 g/mol. The first-order chi connectivity index (χ1) is 12.6. The highest BCUT2D eigenvalue weighted by Crippen LogP contribution is 2.31. The maximum absolute atomic E-state index is 11.9. The van der Waals surface area contributed by atoms with E-state index in [1.165, 1.54) is 0 Å². The third kappa shape index (κ3) is 4.58. The van der Waals surface area contributed by atoms with Crippen LogP contribution in [0.15, 0.2) is 61.2 Å². The average Bonchev–Trinajstić information content (AvgIpc) is 2.61. The first kappa shape index (κ1) is 18.8. The fraction of sp³-hybridized carbons (Fsp3) is 0.250. The summed E-state index contributed by atoms with van der Waals surface area (Å²) in [5.41, 5.74) is 2.01. The van der Waals surface area contributed by atoms with Crippen molar-refractivity contribution in [2.75, 3.05) is 19.6 Å². The molecule has 2 aromatic carbocycles. The Hall–Kier alpha value is -2.01. The van der Waals surface area contributed by atoms with Crippen LogP contribution in [0.1, 0.15) is 17.2 Å². The second-order valence-corrected chi connectivity index (χ2v) is 6.99. The van der Waals surface area contributed by atoms with Crippen LogP contribution in [0.2, 0.25) is 10.0 Å². The van der Waals surface area contributed by atoms with Crippen LogP contribution < -0.4 is 5.32 Å². The van der Waals surface area contributed by atoms with Gasteiger partial charge in [0.2, 0.25) is 0 Å². The Morgan fingerprint density at radius 3 is 2.08 bits per heavy atom. The molecule has 6 heteroatoms. The zero-order valence-electron chi connectivity index (χ0n) is 14.2. The highest BCUT2D eigenvalue weighted by Gasteiger charge is 2.33. The van der Waals surface area contributed by atoms with Gasteiger partial charge in [0.15, 0.2) is 0 Å². The number of carbonyl (C=O) groups excluding carboxylic acids is 1. The number of likely N-dealkylation sites (tertiary alicyclic amines) is 1. The third-order valence-electron chi connectivity index (χ3n) is 4.21. The van der Waals surface area contributed by atoms with Crippen molar-refractivity contribution in [3.8, 4) is 0 Å². The molecule has 4 nitrogen and oxygen atoms in total. The Labute approximate surface area is 163 Å². The molecule has 0 unspecified atom stereocenters. The van der Waals surface area contributed by atoms with Crippen LogP contribution in [0.4, 0.5) is 4.79 Å². The van der Waals surface area contributed by atoms with Crippen molar-refractivity contribution in [3.63, 3.8) is 0 Å². The smallest absolute Gasteiger partial charge is 0.317 e. The van der Waals surface area contributed by atoms with Gasteiger partial charge in [0, 0.05) is 16.6 Å². The summed E-state index contributed by atoms with van der Waals surface area (Å²) >= 11 is 12.0. The Kier molecular flexibility index (Phi) is 6.20. The van der Waals surface area contributed by atoms with Gasteiger partial charge in [0.25, 0.3) is 0 Å². The van der Waals surface area contributed by atoms with Crippen LogP contribution in [0, 0.1) is 0 Å². The average molecular weight is 391 g/mol. The lowest BCUT2D eigenvalue weighted by atomic mass is 10.0. The molecule has 2 amide bonds. The van der Waals surface area contributed by atoms with Gasteiger partial charge in [-0.3, -0.25) is 0 Å². The molecule has 0 spiro atoms. The SMILES string of the molecule is C=CCNC(=O)N1CC(OC(c2ccc(Cl)cc2)c2ccc(Cl)cc2)C1. The number of ether oxygens (including phenoxy) is 1. The van der Waals surface area contributed by atoms with Crippen molar-refractivity contribution < 1.29 is 9.53 Å². The molecule has 0 atom stereocenters. The van der Waals surface area contributed by atoms with Crippen molar-refractivity contribution in [1.29, 1.82) is 0 Å². The van der Waals surface area contributed by atoms with Gasteiger partial charge in [-0.15, -0.1) is 6.58 Å². The van der Waals surface area contributed by atoms with Crippen molar-refractivity contribution in [1.82, 2.24) is 10.2 Å². The van der Waals surface area contributed by atoms with Gasteiger partial charge in [0.1, 0.15) is 6.10 Å². The fourth-order valence-electron chi connectivity index (χ4n) is 2.78. The fourth-order valence-corrected chi connectivity index (χ4v) is 3.03. The number of carbonyl (C=O) groups is 1. The summed E-state index contributed by atoms with van der Waals surface area (Å²) in [5.74, 6) is 0. The number of rotatable bonds is 6. The minimum atomic E-state index is -0.243. The predicted octanol–water partition coefficient (Wildman–Crippen LogP) is 4.68. The summed E-state index contributed by atoms with van der Waals surface area (Å²) in [6, 6.07) is 15.1. The van der Waals surface area contributed by atoms with Gasteiger partial charge in [-0.25, -0.2) is 4.79 Å². The highest BCUT2D eigenvalue weighted by molar-refractivity contribution is 6.30. The molecule has 1 aliphatic rings. The van der Waals surface area contributed by atoms with E-state index in [2.05, 4.69) is 11.9 Å². The van der Waals surface area contributed by atoms with Crippen molar-refractivity contribution >= 4 is 29.2 Å². The van der Waals surface area contributed by atoms with Gasteiger partial charge in [-0.2, -0.15) is 0 Å². The van der Waals surface area contributed by atoms with Crippen molar-refractivity contribution in [2.45, 2.75) is 12.2 Å². The van der Waals surface area contributed by atoms with Crippen LogP contribution >= 0.6 is 23.2 Å². The normalized spacial score (nSPS) is 14.2. The van der Waals surface area contributed by atoms with E-state index in [9.17, 15) is 4.79 Å². The Morgan fingerprint density at radius 1 is 1.12 bits per heavy atom. The van der Waals surface area contributed by atoms with E-state index in [-0.39, 0.29) is 18.2 Å². The molecule has 0 saturated carbocycles. The zero-order chi connectivity index (χ0) is 18.5. The summed E-state index contributed by atoms with van der Waals surface area (Å²) in [5, 5.41) is 4.12. The lowest BCUT2D eigenvalue weighted by Gasteiger charge is -2.40. The van der Waals surface area contributed by atoms with E-state index in [4.69, 9.17) is 27.9 Å². The number of nitrogens with one attached hydrogen (secondary N) is 1. The lowest BCUT2D eigenvalue weighted by molar-refractivity contribution is -0.0644. The zero-order valence-corrected chi connectivity index (χ0v) is 15.7. The predicted molar refractivity (Wildman–Crippen MR) is 105 cm³/mol. The van der Waals surface area contributed by atoms with Crippen LogP contribution in [0.3, 0.4) is 0 Å². The van der Waals surface area contributed by atoms with E-state index < -0.39 is 0 Å². The summed E-state index contributed by atoms with van der Waals surface area (Å²) in [4.78, 5) is 13.6. The van der Waals surface area contributed by atoms with E-state index in [0.29, 0.717) is 29.7 Å². The number of halogens is 2. The number of nitrogens with zero attached hydrogens (tertiary/aromatic N) is 1. The number of benzene rings is 2. The summed E-state index contributed by atoms with van der Waals surface area (Å²) < 4.78 is 6.30. The molecule has 1 heterocycles. The van der Waals surface area contributed by atoms with E-state index in [1.54, 1.807) is 11.0 Å². The Morgan fingerprint density at radius 2 is 1.62 bits per heavy atom. The third-order valence-corrected chi connectivity index (χ3v) is 4.71. The topological polar surface area (TPSA) is 41.6 Å². The summed E-state index contributed by atoms with van der Waals surface area (Å²) in [6.07, 6.45) is 1.39. The number of hydrogen-bond donors (Lipinski definition) is 1. The Balaban J connectivity index is 1.69. The molecule has 0 radical (unpaired) electrons. The monoisotopic (exact) mass is 390 g/mol. The molecule has 0 aliphatic carbocycles. The first-order valence-corrected chi connectivity index (χ1v) is 9.12. The Bertz CT molecular complexity index is 711. The van der Waals surface area contributed by atoms with Crippen LogP contribution in [-0.2, 0) is 4.74 Å². The van der Waals surface area contributed by atoms with Gasteiger partial charge in [0.05, 0.1) is 19.2 Å². The van der Waals surface area contributed by atoms with Gasteiger partial charge in [-0.1, -0.05) is 53.5 Å². The van der Waals surface area contributed by atoms with Crippen molar-refractivity contribution in [2.24, 2.45) is 0 Å². The molecule has 0 bridgehead atoms. The molecule has 26 heavy (non-hydrogen) atoms. The molecule has 0 aromatic heterocycles. The van der Waals surface area contributed by atoms with Crippen LogP contribution in [-0.4, -0.2) is 36.7 Å². The van der Waals surface area contributed by atoms with E-state index in [1.807, 2.05) is 48.5 Å². The summed E-state index contributed by atoms with van der Waals surface area (Å²) in [6.45, 7) is 5.16. The number of amides is 2.